The van der Waals surface area contributed by atoms with E-state index in [1.54, 1.807) is 30.3 Å². The van der Waals surface area contributed by atoms with Crippen LogP contribution in [0.4, 0.5) is 5.69 Å². The Morgan fingerprint density at radius 2 is 1.70 bits per heavy atom. The Morgan fingerprint density at radius 1 is 1.09 bits per heavy atom. The van der Waals surface area contributed by atoms with E-state index in [4.69, 9.17) is 0 Å². The first-order chi connectivity index (χ1) is 10.8. The van der Waals surface area contributed by atoms with Gasteiger partial charge in [0, 0.05) is 4.47 Å². The van der Waals surface area contributed by atoms with Gasteiger partial charge < -0.3 is 5.32 Å². The molecule has 0 radical (unpaired) electrons. The Labute approximate surface area is 144 Å². The summed E-state index contributed by atoms with van der Waals surface area (Å²) >= 11 is 3.33. The minimum Gasteiger partial charge on any atom is -0.324 e. The number of aryl methyl sites for hydroxylation is 1. The van der Waals surface area contributed by atoms with Gasteiger partial charge in [0.2, 0.25) is 15.9 Å². The van der Waals surface area contributed by atoms with Crippen molar-refractivity contribution in [2.45, 2.75) is 24.8 Å². The van der Waals surface area contributed by atoms with Gasteiger partial charge in [0.05, 0.1) is 16.6 Å². The van der Waals surface area contributed by atoms with Gasteiger partial charge in [-0.1, -0.05) is 29.8 Å². The quantitative estimate of drug-likeness (QED) is 0.815. The lowest BCUT2D eigenvalue weighted by molar-refractivity contribution is -0.117. The van der Waals surface area contributed by atoms with Crippen LogP contribution in [0.3, 0.4) is 0 Å². The molecule has 0 aliphatic rings. The molecule has 2 aromatic carbocycles. The maximum Gasteiger partial charge on any atom is 0.242 e. The zero-order chi connectivity index (χ0) is 17.0. The number of hydrogen-bond donors (Lipinski definition) is 2. The van der Waals surface area contributed by atoms with Gasteiger partial charge >= 0.3 is 0 Å². The summed E-state index contributed by atoms with van der Waals surface area (Å²) in [5.74, 6) is -0.437. The zero-order valence-corrected chi connectivity index (χ0v) is 15.1. The molecule has 0 aliphatic heterocycles. The van der Waals surface area contributed by atoms with Crippen molar-refractivity contribution in [3.8, 4) is 0 Å². The average Bonchev–Trinajstić information content (AvgIpc) is 2.49. The lowest BCUT2D eigenvalue weighted by Crippen LogP contribution is -2.41. The van der Waals surface area contributed by atoms with Gasteiger partial charge in [-0.15, -0.1) is 0 Å². The van der Waals surface area contributed by atoms with Crippen LogP contribution in [0.5, 0.6) is 0 Å². The van der Waals surface area contributed by atoms with Crippen LogP contribution in [-0.2, 0) is 14.8 Å². The Kier molecular flexibility index (Phi) is 5.56. The second-order valence-electron chi connectivity index (χ2n) is 5.13. The van der Waals surface area contributed by atoms with E-state index in [-0.39, 0.29) is 4.90 Å². The summed E-state index contributed by atoms with van der Waals surface area (Å²) in [6.07, 6.45) is 0. The molecule has 0 unspecified atom stereocenters. The number of halogens is 1. The number of benzene rings is 2. The number of carbonyl (C=O) groups excluding carboxylic acids is 1. The number of sulfonamides is 1. The Bertz CT molecular complexity index is 804. The molecule has 2 N–H and O–H groups in total. The van der Waals surface area contributed by atoms with E-state index in [1.165, 1.54) is 19.1 Å². The van der Waals surface area contributed by atoms with Gasteiger partial charge in [-0.25, -0.2) is 8.42 Å². The first-order valence-corrected chi connectivity index (χ1v) is 9.21. The van der Waals surface area contributed by atoms with Crippen LogP contribution in [-0.4, -0.2) is 20.4 Å². The minimum atomic E-state index is -3.75. The van der Waals surface area contributed by atoms with E-state index in [1.807, 2.05) is 13.0 Å². The molecule has 0 saturated heterocycles. The Hall–Kier alpha value is -1.70. The molecule has 0 heterocycles. The summed E-state index contributed by atoms with van der Waals surface area (Å²) < 4.78 is 27.7. The van der Waals surface area contributed by atoms with E-state index in [9.17, 15) is 13.2 Å². The normalized spacial score (nSPS) is 12.7. The Balaban J connectivity index is 2.08. The second-order valence-corrected chi connectivity index (χ2v) is 7.69. The fourth-order valence-corrected chi connectivity index (χ4v) is 3.46. The number of nitrogens with one attached hydrogen (secondary N) is 2. The van der Waals surface area contributed by atoms with E-state index in [2.05, 4.69) is 26.0 Å². The lowest BCUT2D eigenvalue weighted by Gasteiger charge is -2.15. The number of hydrogen-bond acceptors (Lipinski definition) is 3. The van der Waals surface area contributed by atoms with Crippen LogP contribution in [0.1, 0.15) is 12.5 Å². The van der Waals surface area contributed by atoms with Crippen molar-refractivity contribution in [1.82, 2.24) is 4.72 Å². The molecule has 2 rings (SSSR count). The first-order valence-electron chi connectivity index (χ1n) is 6.94. The molecule has 0 spiro atoms. The third-order valence-electron chi connectivity index (χ3n) is 3.19. The van der Waals surface area contributed by atoms with Crippen molar-refractivity contribution in [3.05, 3.63) is 58.6 Å². The minimum absolute atomic E-state index is 0.128. The highest BCUT2D eigenvalue weighted by molar-refractivity contribution is 9.10. The molecular formula is C16H17BrN2O3S. The molecule has 23 heavy (non-hydrogen) atoms. The molecule has 0 saturated carbocycles. The topological polar surface area (TPSA) is 75.3 Å². The van der Waals surface area contributed by atoms with Crippen molar-refractivity contribution >= 4 is 37.5 Å². The molecule has 0 aromatic heterocycles. The van der Waals surface area contributed by atoms with Crippen molar-refractivity contribution in [3.63, 3.8) is 0 Å². The summed E-state index contributed by atoms with van der Waals surface area (Å²) in [6, 6.07) is 12.6. The smallest absolute Gasteiger partial charge is 0.242 e. The molecule has 0 bridgehead atoms. The largest absolute Gasteiger partial charge is 0.324 e. The van der Waals surface area contributed by atoms with Crippen LogP contribution >= 0.6 is 15.9 Å². The highest BCUT2D eigenvalue weighted by atomic mass is 79.9. The summed E-state index contributed by atoms with van der Waals surface area (Å²) in [5, 5.41) is 2.68. The molecule has 5 nitrogen and oxygen atoms in total. The predicted molar refractivity (Wildman–Crippen MR) is 93.7 cm³/mol. The maximum absolute atomic E-state index is 12.3. The van der Waals surface area contributed by atoms with Crippen LogP contribution in [0.2, 0.25) is 0 Å². The van der Waals surface area contributed by atoms with Crippen LogP contribution < -0.4 is 10.0 Å². The van der Waals surface area contributed by atoms with Gasteiger partial charge in [-0.2, -0.15) is 4.72 Å². The highest BCUT2D eigenvalue weighted by Crippen LogP contribution is 2.21. The van der Waals surface area contributed by atoms with Crippen LogP contribution in [0, 0.1) is 6.92 Å². The number of carbonyl (C=O) groups is 1. The monoisotopic (exact) mass is 396 g/mol. The molecule has 2 aromatic rings. The van der Waals surface area contributed by atoms with Gasteiger partial charge in [0.1, 0.15) is 0 Å². The van der Waals surface area contributed by atoms with Crippen molar-refractivity contribution in [2.24, 2.45) is 0 Å². The molecule has 7 heteroatoms. The maximum atomic E-state index is 12.3. The van der Waals surface area contributed by atoms with Crippen LogP contribution in [0.15, 0.2) is 57.9 Å². The lowest BCUT2D eigenvalue weighted by atomic mass is 10.2. The predicted octanol–water partition coefficient (Wildman–Crippen LogP) is 3.06. The van der Waals surface area contributed by atoms with Crippen molar-refractivity contribution in [2.75, 3.05) is 5.32 Å². The molecule has 0 aliphatic carbocycles. The van der Waals surface area contributed by atoms with Crippen molar-refractivity contribution in [1.29, 1.82) is 0 Å². The molecule has 1 amide bonds. The van der Waals surface area contributed by atoms with Gasteiger partial charge in [-0.3, -0.25) is 4.79 Å². The average molecular weight is 397 g/mol. The summed E-state index contributed by atoms with van der Waals surface area (Å²) in [7, 11) is -3.75. The van der Waals surface area contributed by atoms with Crippen molar-refractivity contribution < 1.29 is 13.2 Å². The highest BCUT2D eigenvalue weighted by Gasteiger charge is 2.22. The number of amides is 1. The first kappa shape index (κ1) is 17.7. The number of para-hydroxylation sites is 1. The van der Waals surface area contributed by atoms with Gasteiger partial charge in [0.25, 0.3) is 0 Å². The van der Waals surface area contributed by atoms with Gasteiger partial charge in [0.15, 0.2) is 0 Å². The van der Waals surface area contributed by atoms with Gasteiger partial charge in [-0.05, 0) is 54.0 Å². The van der Waals surface area contributed by atoms with E-state index in [0.717, 1.165) is 10.0 Å². The summed E-state index contributed by atoms with van der Waals surface area (Å²) in [6.45, 7) is 3.37. The third-order valence-corrected chi connectivity index (χ3v) is 5.44. The fourth-order valence-electron chi connectivity index (χ4n) is 1.88. The molecule has 0 fully saturated rings. The molecule has 1 atom stereocenters. The number of rotatable bonds is 5. The second kappa shape index (κ2) is 7.25. The summed E-state index contributed by atoms with van der Waals surface area (Å²) in [4.78, 5) is 12.3. The zero-order valence-electron chi connectivity index (χ0n) is 12.7. The standard InChI is InChI=1S/C16H17BrN2O3S/c1-11-7-9-13(10-8-11)23(21,22)19-12(2)16(20)18-15-6-4-3-5-14(15)17/h3-10,12,19H,1-2H3,(H,18,20)/t12-/m0/s1. The SMILES string of the molecule is Cc1ccc(S(=O)(=O)N[C@@H](C)C(=O)Nc2ccccc2Br)cc1. The fraction of sp³-hybridized carbons (Fsp3) is 0.188. The number of anilines is 1. The van der Waals surface area contributed by atoms with E-state index in [0.29, 0.717) is 5.69 Å². The Morgan fingerprint density at radius 3 is 2.30 bits per heavy atom. The third kappa shape index (κ3) is 4.63. The van der Waals surface area contributed by atoms with Crippen LogP contribution in [0.25, 0.3) is 0 Å². The van der Waals surface area contributed by atoms with E-state index >= 15 is 0 Å². The molecular weight excluding hydrogens is 380 g/mol. The summed E-state index contributed by atoms with van der Waals surface area (Å²) in [5.41, 5.74) is 1.54. The molecule has 122 valence electrons. The van der Waals surface area contributed by atoms with E-state index < -0.39 is 22.0 Å².